The van der Waals surface area contributed by atoms with Crippen LogP contribution < -0.4 is 0 Å². The van der Waals surface area contributed by atoms with Crippen LogP contribution in [0.3, 0.4) is 0 Å². The molecule has 3 unspecified atom stereocenters. The molecule has 0 aromatic rings. The van der Waals surface area contributed by atoms with Gasteiger partial charge in [-0.25, -0.2) is 0 Å². The highest BCUT2D eigenvalue weighted by molar-refractivity contribution is 9.09. The van der Waals surface area contributed by atoms with Crippen LogP contribution in [0.4, 0.5) is 0 Å². The zero-order valence-electron chi connectivity index (χ0n) is 12.2. The van der Waals surface area contributed by atoms with Crippen LogP contribution in [0, 0.1) is 22.7 Å². The molecule has 1 nitrogen and oxygen atoms in total. The highest BCUT2D eigenvalue weighted by atomic mass is 79.9. The molecule has 0 N–H and O–H groups in total. The Labute approximate surface area is 126 Å². The first-order valence-electron chi connectivity index (χ1n) is 6.92. The monoisotopic (exact) mass is 335 g/mol. The third kappa shape index (κ3) is 11.4. The molecule has 0 aliphatic rings. The van der Waals surface area contributed by atoms with Gasteiger partial charge in [-0.15, -0.1) is 11.6 Å². The fourth-order valence-electron chi connectivity index (χ4n) is 2.04. The van der Waals surface area contributed by atoms with Crippen molar-refractivity contribution in [3.8, 4) is 6.07 Å². The number of rotatable bonds is 8. The van der Waals surface area contributed by atoms with E-state index >= 15 is 0 Å². The van der Waals surface area contributed by atoms with Gasteiger partial charge in [-0.3, -0.25) is 0 Å². The maximum atomic E-state index is 9.07. The summed E-state index contributed by atoms with van der Waals surface area (Å²) >= 11 is 9.82. The maximum Gasteiger partial charge on any atom is 0.0656 e. The molecule has 0 saturated heterocycles. The van der Waals surface area contributed by atoms with E-state index in [2.05, 4.69) is 49.7 Å². The number of alkyl halides is 2. The predicted molar refractivity (Wildman–Crippen MR) is 84.3 cm³/mol. The first-order chi connectivity index (χ1) is 8.24. The molecule has 0 rings (SSSR count). The average molecular weight is 337 g/mol. The van der Waals surface area contributed by atoms with Gasteiger partial charge in [0.15, 0.2) is 0 Å². The van der Waals surface area contributed by atoms with Crippen molar-refractivity contribution in [3.05, 3.63) is 0 Å². The summed E-state index contributed by atoms with van der Waals surface area (Å²) in [6, 6.07) is 2.36. The summed E-state index contributed by atoms with van der Waals surface area (Å²) in [5.41, 5.74) is 0.419. The topological polar surface area (TPSA) is 23.8 Å². The van der Waals surface area contributed by atoms with Crippen LogP contribution in [-0.4, -0.2) is 10.2 Å². The Morgan fingerprint density at radius 2 is 1.83 bits per heavy atom. The van der Waals surface area contributed by atoms with Gasteiger partial charge >= 0.3 is 0 Å². The Morgan fingerprint density at radius 3 is 2.28 bits per heavy atom. The van der Waals surface area contributed by atoms with E-state index in [0.717, 1.165) is 19.3 Å². The van der Waals surface area contributed by atoms with Gasteiger partial charge < -0.3 is 0 Å². The molecule has 3 atom stereocenters. The van der Waals surface area contributed by atoms with Crippen molar-refractivity contribution in [1.82, 2.24) is 0 Å². The van der Waals surface area contributed by atoms with Gasteiger partial charge in [-0.05, 0) is 31.1 Å². The SMILES string of the molecule is CC(Br)CC(C#N)CC(Cl)CCCCC(C)(C)C. The van der Waals surface area contributed by atoms with E-state index < -0.39 is 0 Å². The first-order valence-corrected chi connectivity index (χ1v) is 8.27. The van der Waals surface area contributed by atoms with E-state index in [0.29, 0.717) is 10.2 Å². The highest BCUT2D eigenvalue weighted by Crippen LogP contribution is 2.25. The van der Waals surface area contributed by atoms with Crippen LogP contribution >= 0.6 is 27.5 Å². The largest absolute Gasteiger partial charge is 0.198 e. The minimum absolute atomic E-state index is 0.0875. The number of halogens is 2. The second-order valence-electron chi connectivity index (χ2n) is 6.48. The third-order valence-electron chi connectivity index (χ3n) is 3.03. The summed E-state index contributed by atoms with van der Waals surface area (Å²) in [7, 11) is 0. The summed E-state index contributed by atoms with van der Waals surface area (Å²) in [5, 5.41) is 9.23. The lowest BCUT2D eigenvalue weighted by Crippen LogP contribution is -2.11. The number of unbranched alkanes of at least 4 members (excludes halogenated alkanes) is 1. The van der Waals surface area contributed by atoms with Gasteiger partial charge in [0.1, 0.15) is 0 Å². The van der Waals surface area contributed by atoms with Gasteiger partial charge in [0.25, 0.3) is 0 Å². The Balaban J connectivity index is 3.76. The molecule has 18 heavy (non-hydrogen) atoms. The van der Waals surface area contributed by atoms with Crippen LogP contribution in [0.1, 0.15) is 66.2 Å². The van der Waals surface area contributed by atoms with Crippen LogP contribution in [0.25, 0.3) is 0 Å². The molecule has 0 spiro atoms. The fourth-order valence-corrected chi connectivity index (χ4v) is 2.86. The number of nitrogens with zero attached hydrogens (tertiary/aromatic N) is 1. The van der Waals surface area contributed by atoms with E-state index in [-0.39, 0.29) is 11.3 Å². The molecule has 0 saturated carbocycles. The van der Waals surface area contributed by atoms with E-state index in [1.54, 1.807) is 0 Å². The highest BCUT2D eigenvalue weighted by Gasteiger charge is 2.16. The quantitative estimate of drug-likeness (QED) is 0.399. The molecule has 0 aliphatic carbocycles. The Bertz CT molecular complexity index is 252. The van der Waals surface area contributed by atoms with Crippen LogP contribution in [-0.2, 0) is 0 Å². The zero-order chi connectivity index (χ0) is 14.2. The summed E-state index contributed by atoms with van der Waals surface area (Å²) in [5.74, 6) is 0.0875. The van der Waals surface area contributed by atoms with Crippen LogP contribution in [0.5, 0.6) is 0 Å². The second-order valence-corrected chi connectivity index (χ2v) is 8.66. The molecule has 0 fully saturated rings. The van der Waals surface area contributed by atoms with E-state index in [1.807, 2.05) is 0 Å². The molecule has 0 heterocycles. The molecular weight excluding hydrogens is 310 g/mol. The van der Waals surface area contributed by atoms with Crippen molar-refractivity contribution in [2.75, 3.05) is 0 Å². The number of hydrogen-bond donors (Lipinski definition) is 0. The van der Waals surface area contributed by atoms with E-state index in [4.69, 9.17) is 16.9 Å². The zero-order valence-corrected chi connectivity index (χ0v) is 14.5. The second kappa shape index (κ2) is 9.21. The normalized spacial score (nSPS) is 16.9. The molecule has 0 bridgehead atoms. The van der Waals surface area contributed by atoms with Crippen molar-refractivity contribution in [1.29, 1.82) is 5.26 Å². The molecule has 106 valence electrons. The molecule has 0 amide bonds. The van der Waals surface area contributed by atoms with Gasteiger partial charge in [-0.1, -0.05) is 56.5 Å². The van der Waals surface area contributed by atoms with Gasteiger partial charge in [0.05, 0.1) is 6.07 Å². The summed E-state index contributed by atoms with van der Waals surface area (Å²) < 4.78 is 0. The average Bonchev–Trinajstić information content (AvgIpc) is 2.21. The van der Waals surface area contributed by atoms with Crippen LogP contribution in [0.2, 0.25) is 0 Å². The number of nitriles is 1. The van der Waals surface area contributed by atoms with E-state index in [9.17, 15) is 0 Å². The van der Waals surface area contributed by atoms with Crippen molar-refractivity contribution < 1.29 is 0 Å². The van der Waals surface area contributed by atoms with Crippen molar-refractivity contribution in [2.45, 2.75) is 76.4 Å². The van der Waals surface area contributed by atoms with E-state index in [1.165, 1.54) is 19.3 Å². The molecule has 0 aromatic carbocycles. The Kier molecular flexibility index (Phi) is 9.34. The van der Waals surface area contributed by atoms with Gasteiger partial charge in [0.2, 0.25) is 0 Å². The predicted octanol–water partition coefficient (Wildman–Crippen LogP) is 5.90. The van der Waals surface area contributed by atoms with Crippen molar-refractivity contribution in [2.24, 2.45) is 11.3 Å². The Hall–Kier alpha value is 0.260. The lowest BCUT2D eigenvalue weighted by Gasteiger charge is -2.19. The molecule has 0 aromatic heterocycles. The van der Waals surface area contributed by atoms with Gasteiger partial charge in [0, 0.05) is 16.1 Å². The smallest absolute Gasteiger partial charge is 0.0656 e. The van der Waals surface area contributed by atoms with Crippen molar-refractivity contribution >= 4 is 27.5 Å². The molecule has 0 radical (unpaired) electrons. The first kappa shape index (κ1) is 18.3. The minimum atomic E-state index is 0.0875. The summed E-state index contributed by atoms with van der Waals surface area (Å²) in [4.78, 5) is 0.395. The molecular formula is C15H27BrClN. The summed E-state index contributed by atoms with van der Waals surface area (Å²) in [6.45, 7) is 8.90. The summed E-state index contributed by atoms with van der Waals surface area (Å²) in [6.07, 6.45) is 6.40. The van der Waals surface area contributed by atoms with Crippen molar-refractivity contribution in [3.63, 3.8) is 0 Å². The lowest BCUT2D eigenvalue weighted by molar-refractivity contribution is 0.355. The van der Waals surface area contributed by atoms with Gasteiger partial charge in [-0.2, -0.15) is 5.26 Å². The standard InChI is InChI=1S/C15H27BrClN/c1-12(16)9-13(11-18)10-14(17)7-5-6-8-15(2,3)4/h12-14H,5-10H2,1-4H3. The molecule has 3 heteroatoms. The fraction of sp³-hybridized carbons (Fsp3) is 0.933. The lowest BCUT2D eigenvalue weighted by atomic mass is 9.89. The third-order valence-corrected chi connectivity index (χ3v) is 3.80. The molecule has 0 aliphatic heterocycles. The minimum Gasteiger partial charge on any atom is -0.198 e. The number of hydrogen-bond acceptors (Lipinski definition) is 1. The Morgan fingerprint density at radius 1 is 1.22 bits per heavy atom. The van der Waals surface area contributed by atoms with Crippen LogP contribution in [0.15, 0.2) is 0 Å². The maximum absolute atomic E-state index is 9.07.